The van der Waals surface area contributed by atoms with E-state index in [-0.39, 0.29) is 17.1 Å². The normalized spacial score (nSPS) is 11.7. The molecule has 8 heteroatoms. The molecule has 6 nitrogen and oxygen atoms in total. The fraction of sp³-hybridized carbons (Fsp3) is 0.182. The number of nitrogens with one attached hydrogen (secondary N) is 1. The Labute approximate surface area is 119 Å². The van der Waals surface area contributed by atoms with Crippen molar-refractivity contribution in [1.29, 1.82) is 0 Å². The van der Waals surface area contributed by atoms with Crippen LogP contribution in [0.1, 0.15) is 11.7 Å². The highest BCUT2D eigenvalue weighted by atomic mass is 79.9. The fourth-order valence-corrected chi connectivity index (χ4v) is 3.10. The topological polar surface area (TPSA) is 98.2 Å². The van der Waals surface area contributed by atoms with Gasteiger partial charge in [0.1, 0.15) is 10.7 Å². The molecule has 2 rings (SSSR count). The molecule has 0 amide bonds. The molecule has 0 spiro atoms. The molecule has 19 heavy (non-hydrogen) atoms. The molecule has 0 bridgehead atoms. The second kappa shape index (κ2) is 5.32. The van der Waals surface area contributed by atoms with Crippen molar-refractivity contribution >= 4 is 31.6 Å². The first-order valence-corrected chi connectivity index (χ1v) is 7.62. The average molecular weight is 346 g/mol. The van der Waals surface area contributed by atoms with Gasteiger partial charge < -0.3 is 10.2 Å². The fourth-order valence-electron chi connectivity index (χ4n) is 1.46. The van der Waals surface area contributed by atoms with Gasteiger partial charge in [0.25, 0.3) is 0 Å². The predicted molar refractivity (Wildman–Crippen MR) is 73.8 cm³/mol. The van der Waals surface area contributed by atoms with Gasteiger partial charge in [0, 0.05) is 4.47 Å². The van der Waals surface area contributed by atoms with E-state index in [0.717, 1.165) is 0 Å². The molecule has 0 saturated heterocycles. The van der Waals surface area contributed by atoms with E-state index in [1.165, 1.54) is 18.3 Å². The van der Waals surface area contributed by atoms with Crippen molar-refractivity contribution in [2.75, 3.05) is 5.73 Å². The lowest BCUT2D eigenvalue weighted by Crippen LogP contribution is -2.24. The van der Waals surface area contributed by atoms with Crippen molar-refractivity contribution in [3.05, 3.63) is 40.5 Å². The van der Waals surface area contributed by atoms with Gasteiger partial charge in [0.15, 0.2) is 0 Å². The van der Waals surface area contributed by atoms with Crippen LogP contribution in [-0.2, 0) is 16.6 Å². The zero-order chi connectivity index (χ0) is 14.0. The Bertz CT molecular complexity index is 697. The standard InChI is InChI=1S/C11H12BrN3O3S/c1-7-5-14-11(18-7)6-15-19(16,17)10-4-8(12)2-3-9(10)13/h2-5,15H,6,13H2,1H3. The molecule has 1 aromatic heterocycles. The molecule has 0 saturated carbocycles. The largest absolute Gasteiger partial charge is 0.445 e. The number of aryl methyl sites for hydroxylation is 1. The Morgan fingerprint density at radius 3 is 2.84 bits per heavy atom. The molecule has 0 aliphatic carbocycles. The minimum atomic E-state index is -3.71. The van der Waals surface area contributed by atoms with Gasteiger partial charge in [-0.05, 0) is 25.1 Å². The molecule has 0 aliphatic rings. The molecule has 1 aromatic carbocycles. The zero-order valence-corrected chi connectivity index (χ0v) is 12.5. The third-order valence-corrected chi connectivity index (χ3v) is 4.30. The van der Waals surface area contributed by atoms with Crippen LogP contribution in [0.25, 0.3) is 0 Å². The number of nitrogen functional groups attached to an aromatic ring is 1. The van der Waals surface area contributed by atoms with Gasteiger partial charge in [-0.2, -0.15) is 0 Å². The molecule has 0 atom stereocenters. The summed E-state index contributed by atoms with van der Waals surface area (Å²) in [6.07, 6.45) is 1.52. The molecule has 102 valence electrons. The van der Waals surface area contributed by atoms with E-state index in [1.807, 2.05) is 0 Å². The summed E-state index contributed by atoms with van der Waals surface area (Å²) in [6.45, 7) is 1.71. The summed E-state index contributed by atoms with van der Waals surface area (Å²) in [7, 11) is -3.71. The average Bonchev–Trinajstić information content (AvgIpc) is 2.76. The first-order valence-electron chi connectivity index (χ1n) is 5.34. The first-order chi connectivity index (χ1) is 8.88. The van der Waals surface area contributed by atoms with Crippen LogP contribution >= 0.6 is 15.9 Å². The summed E-state index contributed by atoms with van der Waals surface area (Å²) in [5, 5.41) is 0. The van der Waals surface area contributed by atoms with Crippen LogP contribution in [0.5, 0.6) is 0 Å². The van der Waals surface area contributed by atoms with Crippen molar-refractivity contribution in [3.8, 4) is 0 Å². The molecule has 3 N–H and O–H groups in total. The lowest BCUT2D eigenvalue weighted by Gasteiger charge is -2.08. The number of nitrogens with two attached hydrogens (primary N) is 1. The molecule has 2 aromatic rings. The van der Waals surface area contributed by atoms with Gasteiger partial charge in [0.2, 0.25) is 15.9 Å². The lowest BCUT2D eigenvalue weighted by molar-refractivity contribution is 0.463. The lowest BCUT2D eigenvalue weighted by atomic mass is 10.3. The van der Waals surface area contributed by atoms with Gasteiger partial charge in [-0.15, -0.1) is 0 Å². The van der Waals surface area contributed by atoms with Crippen LogP contribution in [0.2, 0.25) is 0 Å². The van der Waals surface area contributed by atoms with E-state index >= 15 is 0 Å². The third kappa shape index (κ3) is 3.34. The number of nitrogens with zero attached hydrogens (tertiary/aromatic N) is 1. The molecule has 0 aliphatic heterocycles. The molecule has 1 heterocycles. The molecule has 0 unspecified atom stereocenters. The van der Waals surface area contributed by atoms with Crippen molar-refractivity contribution < 1.29 is 12.8 Å². The Balaban J connectivity index is 2.20. The smallest absolute Gasteiger partial charge is 0.243 e. The number of benzene rings is 1. The van der Waals surface area contributed by atoms with Gasteiger partial charge >= 0.3 is 0 Å². The van der Waals surface area contributed by atoms with Crippen molar-refractivity contribution in [2.45, 2.75) is 18.4 Å². The SMILES string of the molecule is Cc1cnc(CNS(=O)(=O)c2cc(Br)ccc2N)o1. The van der Waals surface area contributed by atoms with Crippen LogP contribution in [0.4, 0.5) is 5.69 Å². The summed E-state index contributed by atoms with van der Waals surface area (Å²) in [4.78, 5) is 3.94. The summed E-state index contributed by atoms with van der Waals surface area (Å²) in [6, 6.07) is 4.64. The van der Waals surface area contributed by atoms with E-state index in [0.29, 0.717) is 16.1 Å². The van der Waals surface area contributed by atoms with Crippen LogP contribution in [0.15, 0.2) is 38.2 Å². The van der Waals surface area contributed by atoms with E-state index in [2.05, 4.69) is 25.6 Å². The molecule has 0 radical (unpaired) electrons. The van der Waals surface area contributed by atoms with Crippen molar-refractivity contribution in [1.82, 2.24) is 9.71 Å². The summed E-state index contributed by atoms with van der Waals surface area (Å²) >= 11 is 3.21. The molecule has 0 fully saturated rings. The maximum atomic E-state index is 12.1. The summed E-state index contributed by atoms with van der Waals surface area (Å²) in [5.74, 6) is 0.922. The van der Waals surface area contributed by atoms with E-state index in [4.69, 9.17) is 10.2 Å². The minimum Gasteiger partial charge on any atom is -0.445 e. The highest BCUT2D eigenvalue weighted by molar-refractivity contribution is 9.10. The number of hydrogen-bond donors (Lipinski definition) is 2. The van der Waals surface area contributed by atoms with Gasteiger partial charge in [-0.25, -0.2) is 18.1 Å². The third-order valence-electron chi connectivity index (χ3n) is 2.35. The van der Waals surface area contributed by atoms with Crippen molar-refractivity contribution in [2.24, 2.45) is 0 Å². The number of aromatic nitrogens is 1. The number of hydrogen-bond acceptors (Lipinski definition) is 5. The maximum Gasteiger partial charge on any atom is 0.243 e. The predicted octanol–water partition coefficient (Wildman–Crippen LogP) is 1.81. The minimum absolute atomic E-state index is 0.0187. The Kier molecular flexibility index (Phi) is 3.93. The van der Waals surface area contributed by atoms with Crippen LogP contribution in [0.3, 0.4) is 0 Å². The van der Waals surface area contributed by atoms with E-state index in [9.17, 15) is 8.42 Å². The van der Waals surface area contributed by atoms with Crippen LogP contribution < -0.4 is 10.5 Å². The monoisotopic (exact) mass is 345 g/mol. The number of halogens is 1. The Morgan fingerprint density at radius 2 is 2.21 bits per heavy atom. The van der Waals surface area contributed by atoms with Crippen LogP contribution in [0, 0.1) is 6.92 Å². The van der Waals surface area contributed by atoms with Crippen molar-refractivity contribution in [3.63, 3.8) is 0 Å². The number of oxazole rings is 1. The summed E-state index contributed by atoms with van der Waals surface area (Å²) < 4.78 is 32.4. The first kappa shape index (κ1) is 14.0. The molecular formula is C11H12BrN3O3S. The van der Waals surface area contributed by atoms with E-state index < -0.39 is 10.0 Å². The maximum absolute atomic E-state index is 12.1. The Hall–Kier alpha value is -1.38. The second-order valence-electron chi connectivity index (χ2n) is 3.87. The van der Waals surface area contributed by atoms with E-state index in [1.54, 1.807) is 13.0 Å². The quantitative estimate of drug-likeness (QED) is 0.823. The van der Waals surface area contributed by atoms with Crippen LogP contribution in [-0.4, -0.2) is 13.4 Å². The number of anilines is 1. The highest BCUT2D eigenvalue weighted by Crippen LogP contribution is 2.22. The Morgan fingerprint density at radius 1 is 1.47 bits per heavy atom. The number of rotatable bonds is 4. The second-order valence-corrected chi connectivity index (χ2v) is 6.52. The van der Waals surface area contributed by atoms with Gasteiger partial charge in [-0.1, -0.05) is 15.9 Å². The zero-order valence-electron chi connectivity index (χ0n) is 10.1. The van der Waals surface area contributed by atoms with Gasteiger partial charge in [-0.3, -0.25) is 0 Å². The summed E-state index contributed by atoms with van der Waals surface area (Å²) in [5.41, 5.74) is 5.85. The molecular weight excluding hydrogens is 334 g/mol. The number of sulfonamides is 1. The van der Waals surface area contributed by atoms with Gasteiger partial charge in [0.05, 0.1) is 18.4 Å². The highest BCUT2D eigenvalue weighted by Gasteiger charge is 2.18.